The maximum Gasteiger partial charge on any atom is 0.000449 e. The van der Waals surface area contributed by atoms with Crippen molar-refractivity contribution in [2.45, 2.75) is 47.0 Å². The fourth-order valence-electron chi connectivity index (χ4n) is 2.85. The Hall–Kier alpha value is -0.0800. The molecule has 1 aliphatic heterocycles. The molecule has 1 N–H and O–H groups in total. The smallest absolute Gasteiger partial charge is 0.000449 e. The van der Waals surface area contributed by atoms with E-state index in [1.54, 1.807) is 0 Å². The lowest BCUT2D eigenvalue weighted by Crippen LogP contribution is -2.32. The van der Waals surface area contributed by atoms with Crippen LogP contribution in [0.15, 0.2) is 0 Å². The number of nitrogens with one attached hydrogen (secondary N) is 1. The molecule has 0 radical (unpaired) electrons. The largest absolute Gasteiger partial charge is 0.316 e. The molecule has 0 aliphatic carbocycles. The fraction of sp³-hybridized carbons (Fsp3) is 1.00. The Morgan fingerprint density at radius 3 is 2.24 bits per heavy atom. The molecule has 1 rings (SSSR count). The molecule has 2 nitrogen and oxygen atoms in total. The van der Waals surface area contributed by atoms with Gasteiger partial charge in [-0.2, -0.15) is 0 Å². The number of hydrogen-bond donors (Lipinski definition) is 1. The lowest BCUT2D eigenvalue weighted by molar-refractivity contribution is 0.212. The minimum Gasteiger partial charge on any atom is -0.316 e. The van der Waals surface area contributed by atoms with Crippen molar-refractivity contribution in [1.82, 2.24) is 10.2 Å². The van der Waals surface area contributed by atoms with Crippen molar-refractivity contribution in [3.05, 3.63) is 0 Å². The summed E-state index contributed by atoms with van der Waals surface area (Å²) in [6, 6.07) is 0. The third-order valence-corrected chi connectivity index (χ3v) is 3.50. The number of rotatable bonds is 8. The summed E-state index contributed by atoms with van der Waals surface area (Å²) in [7, 11) is 0. The molecule has 0 aromatic rings. The van der Waals surface area contributed by atoms with E-state index in [9.17, 15) is 0 Å². The van der Waals surface area contributed by atoms with Crippen molar-refractivity contribution < 1.29 is 0 Å². The van der Waals surface area contributed by atoms with E-state index in [1.165, 1.54) is 52.0 Å². The first-order chi connectivity index (χ1) is 8.08. The standard InChI is InChI=1S/C15H32N2/c1-13(2)11-17(12-14(3)4)9-5-6-15-7-8-16-10-15/h13-16H,5-12H2,1-4H3. The molecule has 0 amide bonds. The predicted molar refractivity (Wildman–Crippen MR) is 76.3 cm³/mol. The topological polar surface area (TPSA) is 15.3 Å². The van der Waals surface area contributed by atoms with Crippen molar-refractivity contribution in [2.75, 3.05) is 32.7 Å². The molecule has 0 saturated carbocycles. The molecule has 2 heteroatoms. The highest BCUT2D eigenvalue weighted by molar-refractivity contribution is 4.72. The lowest BCUT2D eigenvalue weighted by atomic mass is 10.0. The number of hydrogen-bond acceptors (Lipinski definition) is 2. The van der Waals surface area contributed by atoms with Crippen molar-refractivity contribution in [3.63, 3.8) is 0 Å². The molecule has 0 aromatic heterocycles. The molecule has 0 spiro atoms. The maximum absolute atomic E-state index is 3.46. The lowest BCUT2D eigenvalue weighted by Gasteiger charge is -2.26. The zero-order chi connectivity index (χ0) is 12.7. The Bertz CT molecular complexity index is 173. The van der Waals surface area contributed by atoms with Crippen LogP contribution in [0.5, 0.6) is 0 Å². The molecule has 1 aliphatic rings. The molecule has 102 valence electrons. The van der Waals surface area contributed by atoms with Gasteiger partial charge in [-0.05, 0) is 56.7 Å². The van der Waals surface area contributed by atoms with Crippen molar-refractivity contribution >= 4 is 0 Å². The summed E-state index contributed by atoms with van der Waals surface area (Å²) in [4.78, 5) is 2.66. The first kappa shape index (κ1) is 15.0. The number of nitrogens with zero attached hydrogens (tertiary/aromatic N) is 1. The molecule has 1 heterocycles. The van der Waals surface area contributed by atoms with E-state index in [0.29, 0.717) is 0 Å². The summed E-state index contributed by atoms with van der Waals surface area (Å²) >= 11 is 0. The zero-order valence-electron chi connectivity index (χ0n) is 12.3. The van der Waals surface area contributed by atoms with Gasteiger partial charge in [0, 0.05) is 13.1 Å². The van der Waals surface area contributed by atoms with Gasteiger partial charge in [-0.1, -0.05) is 27.7 Å². The normalized spacial score (nSPS) is 21.0. The molecule has 1 fully saturated rings. The van der Waals surface area contributed by atoms with Crippen LogP contribution in [0.2, 0.25) is 0 Å². The van der Waals surface area contributed by atoms with Crippen LogP contribution in [-0.4, -0.2) is 37.6 Å². The Balaban J connectivity index is 2.17. The Morgan fingerprint density at radius 2 is 1.76 bits per heavy atom. The maximum atomic E-state index is 3.46. The van der Waals surface area contributed by atoms with E-state index >= 15 is 0 Å². The highest BCUT2D eigenvalue weighted by Gasteiger charge is 2.15. The second-order valence-electron chi connectivity index (χ2n) is 6.55. The molecule has 0 bridgehead atoms. The minimum atomic E-state index is 0.793. The van der Waals surface area contributed by atoms with Crippen LogP contribution in [0.3, 0.4) is 0 Å². The molecule has 0 aromatic carbocycles. The van der Waals surface area contributed by atoms with Gasteiger partial charge in [0.25, 0.3) is 0 Å². The SMILES string of the molecule is CC(C)CN(CCCC1CCNC1)CC(C)C. The first-order valence-corrected chi connectivity index (χ1v) is 7.51. The second-order valence-corrected chi connectivity index (χ2v) is 6.55. The third kappa shape index (κ3) is 7.05. The monoisotopic (exact) mass is 240 g/mol. The highest BCUT2D eigenvalue weighted by atomic mass is 15.1. The van der Waals surface area contributed by atoms with Gasteiger partial charge in [0.05, 0.1) is 0 Å². The summed E-state index contributed by atoms with van der Waals surface area (Å²) in [5.74, 6) is 2.54. The van der Waals surface area contributed by atoms with Gasteiger partial charge in [-0.25, -0.2) is 0 Å². The van der Waals surface area contributed by atoms with E-state index in [2.05, 4.69) is 37.9 Å². The van der Waals surface area contributed by atoms with Crippen LogP contribution in [0, 0.1) is 17.8 Å². The van der Waals surface area contributed by atoms with Crippen molar-refractivity contribution in [1.29, 1.82) is 0 Å². The van der Waals surface area contributed by atoms with E-state index in [4.69, 9.17) is 0 Å². The van der Waals surface area contributed by atoms with Crippen molar-refractivity contribution in [3.8, 4) is 0 Å². The van der Waals surface area contributed by atoms with Gasteiger partial charge in [0.1, 0.15) is 0 Å². The van der Waals surface area contributed by atoms with Gasteiger partial charge < -0.3 is 10.2 Å². The minimum absolute atomic E-state index is 0.793. The van der Waals surface area contributed by atoms with Crippen LogP contribution in [0.25, 0.3) is 0 Å². The predicted octanol–water partition coefficient (Wildman–Crippen LogP) is 2.99. The zero-order valence-corrected chi connectivity index (χ0v) is 12.3. The summed E-state index contributed by atoms with van der Waals surface area (Å²) in [5.41, 5.74) is 0. The van der Waals surface area contributed by atoms with Crippen LogP contribution >= 0.6 is 0 Å². The van der Waals surface area contributed by atoms with Gasteiger partial charge in [0.15, 0.2) is 0 Å². The van der Waals surface area contributed by atoms with E-state index < -0.39 is 0 Å². The molecule has 17 heavy (non-hydrogen) atoms. The van der Waals surface area contributed by atoms with Gasteiger partial charge in [-0.3, -0.25) is 0 Å². The van der Waals surface area contributed by atoms with E-state index in [-0.39, 0.29) is 0 Å². The Kier molecular flexibility index (Phi) is 7.14. The molecular formula is C15H32N2. The Labute approximate surface area is 108 Å². The molecule has 1 saturated heterocycles. The van der Waals surface area contributed by atoms with Crippen LogP contribution in [0.1, 0.15) is 47.0 Å². The van der Waals surface area contributed by atoms with Gasteiger partial charge in [0.2, 0.25) is 0 Å². The van der Waals surface area contributed by atoms with Crippen LogP contribution < -0.4 is 5.32 Å². The van der Waals surface area contributed by atoms with E-state index in [1.807, 2.05) is 0 Å². The summed E-state index contributed by atoms with van der Waals surface area (Å²) in [6.45, 7) is 15.6. The average molecular weight is 240 g/mol. The summed E-state index contributed by atoms with van der Waals surface area (Å²) in [5, 5.41) is 3.46. The quantitative estimate of drug-likeness (QED) is 0.701. The second kappa shape index (κ2) is 8.10. The Morgan fingerprint density at radius 1 is 1.12 bits per heavy atom. The highest BCUT2D eigenvalue weighted by Crippen LogP contribution is 2.15. The molecule has 1 unspecified atom stereocenters. The third-order valence-electron chi connectivity index (χ3n) is 3.50. The average Bonchev–Trinajstić information content (AvgIpc) is 2.68. The fourth-order valence-corrected chi connectivity index (χ4v) is 2.85. The summed E-state index contributed by atoms with van der Waals surface area (Å²) < 4.78 is 0. The van der Waals surface area contributed by atoms with E-state index in [0.717, 1.165) is 17.8 Å². The van der Waals surface area contributed by atoms with Gasteiger partial charge >= 0.3 is 0 Å². The molecule has 1 atom stereocenters. The molecular weight excluding hydrogens is 208 g/mol. The first-order valence-electron chi connectivity index (χ1n) is 7.51. The van der Waals surface area contributed by atoms with Crippen molar-refractivity contribution in [2.24, 2.45) is 17.8 Å². The summed E-state index contributed by atoms with van der Waals surface area (Å²) in [6.07, 6.45) is 4.19. The van der Waals surface area contributed by atoms with Crippen LogP contribution in [-0.2, 0) is 0 Å². The van der Waals surface area contributed by atoms with Crippen LogP contribution in [0.4, 0.5) is 0 Å². The van der Waals surface area contributed by atoms with Gasteiger partial charge in [-0.15, -0.1) is 0 Å².